The summed E-state index contributed by atoms with van der Waals surface area (Å²) in [6.07, 6.45) is 0. The Morgan fingerprint density at radius 2 is 0.739 bits per heavy atom. The molecule has 15 aromatic rings. The van der Waals surface area contributed by atoms with Gasteiger partial charge in [0.2, 0.25) is 0 Å². The molecule has 0 bridgehead atoms. The van der Waals surface area contributed by atoms with Crippen LogP contribution in [0.4, 0.5) is 0 Å². The van der Waals surface area contributed by atoms with Crippen molar-refractivity contribution in [3.63, 3.8) is 0 Å². The third kappa shape index (κ3) is 5.65. The zero-order chi connectivity index (χ0) is 45.2. The van der Waals surface area contributed by atoms with Gasteiger partial charge in [-0.15, -0.1) is 0 Å². The van der Waals surface area contributed by atoms with E-state index in [2.05, 4.69) is 238 Å². The lowest BCUT2D eigenvalue weighted by molar-refractivity contribution is 1.16. The smallest absolute Gasteiger partial charge is 0.0979 e. The predicted molar refractivity (Wildman–Crippen MR) is 288 cm³/mol. The van der Waals surface area contributed by atoms with Crippen LogP contribution in [0.3, 0.4) is 0 Å². The minimum Gasteiger partial charge on any atom is -0.309 e. The number of benzene rings is 11. The Labute approximate surface area is 396 Å². The molecule has 0 amide bonds. The fraction of sp³-hybridized carbons (Fsp3) is 0. The van der Waals surface area contributed by atoms with E-state index in [0.717, 1.165) is 72.4 Å². The molecule has 0 radical (unpaired) electrons. The lowest BCUT2D eigenvalue weighted by atomic mass is 9.97. The van der Waals surface area contributed by atoms with E-state index in [1.54, 1.807) is 0 Å². The Balaban J connectivity index is 0.942. The van der Waals surface area contributed by atoms with Gasteiger partial charge in [0.25, 0.3) is 0 Å². The summed E-state index contributed by atoms with van der Waals surface area (Å²) in [6.45, 7) is 0. The molecule has 0 saturated heterocycles. The van der Waals surface area contributed by atoms with Gasteiger partial charge in [0.1, 0.15) is 0 Å². The van der Waals surface area contributed by atoms with Gasteiger partial charge in [-0.1, -0.05) is 146 Å². The third-order valence-corrected chi connectivity index (χ3v) is 14.4. The fourth-order valence-electron chi connectivity index (χ4n) is 11.3. The number of nitrogens with zero attached hydrogens (tertiary/aromatic N) is 5. The van der Waals surface area contributed by atoms with Crippen LogP contribution in [0.5, 0.6) is 0 Å². The van der Waals surface area contributed by atoms with E-state index in [-0.39, 0.29) is 0 Å². The first-order chi connectivity index (χ1) is 34.2. The van der Waals surface area contributed by atoms with Crippen molar-refractivity contribution in [2.75, 3.05) is 0 Å². The van der Waals surface area contributed by atoms with Gasteiger partial charge in [0, 0.05) is 60.5 Å². The number of hydrogen-bond donors (Lipinski definition) is 0. The molecule has 15 rings (SSSR count). The maximum Gasteiger partial charge on any atom is 0.0979 e. The number of para-hydroxylation sites is 6. The SMILES string of the molecule is c1ccc(-n2c3ccccc3c3cc(-c4nc5ccccc5nc4-c4cccc5cc(-n6c7cc(-n8c9ccccc9c9ccccc98)ccc7c7cc8ccccc8cc76)ccc45)ccc32)cc1. The Morgan fingerprint density at radius 1 is 0.246 bits per heavy atom. The molecule has 0 atom stereocenters. The molecule has 4 heterocycles. The molecule has 0 saturated carbocycles. The van der Waals surface area contributed by atoms with E-state index < -0.39 is 0 Å². The van der Waals surface area contributed by atoms with Crippen LogP contribution >= 0.6 is 0 Å². The van der Waals surface area contributed by atoms with Gasteiger partial charge in [-0.25, -0.2) is 9.97 Å². The Hall–Kier alpha value is -9.32. The molecule has 0 N–H and O–H groups in total. The van der Waals surface area contributed by atoms with Gasteiger partial charge in [0.15, 0.2) is 0 Å². The van der Waals surface area contributed by atoms with Crippen LogP contribution in [-0.2, 0) is 0 Å². The molecule has 0 unspecified atom stereocenters. The summed E-state index contributed by atoms with van der Waals surface area (Å²) in [6, 6.07) is 85.6. The molecule has 0 fully saturated rings. The third-order valence-electron chi connectivity index (χ3n) is 14.4. The molecule has 0 aliphatic heterocycles. The van der Waals surface area contributed by atoms with Crippen molar-refractivity contribution in [2.45, 2.75) is 0 Å². The van der Waals surface area contributed by atoms with Crippen LogP contribution in [0.2, 0.25) is 0 Å². The Morgan fingerprint density at radius 3 is 1.46 bits per heavy atom. The second-order valence-electron chi connectivity index (χ2n) is 18.2. The van der Waals surface area contributed by atoms with Crippen LogP contribution in [-0.4, -0.2) is 23.7 Å². The number of rotatable bonds is 5. The molecule has 0 aliphatic carbocycles. The van der Waals surface area contributed by atoms with Crippen LogP contribution in [0.1, 0.15) is 0 Å². The summed E-state index contributed by atoms with van der Waals surface area (Å²) in [7, 11) is 0. The molecule has 11 aromatic carbocycles. The molecule has 0 spiro atoms. The Kier molecular flexibility index (Phi) is 8.00. The number of fused-ring (bicyclic) bond motifs is 12. The molecule has 69 heavy (non-hydrogen) atoms. The molecule has 5 heteroatoms. The van der Waals surface area contributed by atoms with Crippen LogP contribution in [0.25, 0.3) is 138 Å². The summed E-state index contributed by atoms with van der Waals surface area (Å²) in [5.41, 5.74) is 15.9. The van der Waals surface area contributed by atoms with Gasteiger partial charge in [0.05, 0.1) is 55.5 Å². The first-order valence-electron chi connectivity index (χ1n) is 23.6. The summed E-state index contributed by atoms with van der Waals surface area (Å²) in [5, 5.41) is 12.0. The van der Waals surface area contributed by atoms with Gasteiger partial charge in [-0.3, -0.25) is 0 Å². The summed E-state index contributed by atoms with van der Waals surface area (Å²) in [5.74, 6) is 0. The molecular formula is C64H39N5. The van der Waals surface area contributed by atoms with Crippen molar-refractivity contribution >= 4 is 98.0 Å². The molecule has 5 nitrogen and oxygen atoms in total. The first kappa shape index (κ1) is 37.9. The largest absolute Gasteiger partial charge is 0.309 e. The quantitative estimate of drug-likeness (QED) is 0.173. The molecular weight excluding hydrogens is 839 g/mol. The van der Waals surface area contributed by atoms with Crippen molar-refractivity contribution in [1.29, 1.82) is 0 Å². The standard InChI is InChI=1S/C64H39N5/c1-2-18-44(19-3-1)67-59-28-13-8-22-50(59)53-37-43(29-34-60(53)67)63-64(66-56-25-10-9-24-55(56)65-63)52-23-14-17-42-35-45(30-32-47(42)52)69-61-38-41-16-5-4-15-40(41)36-54(61)51-33-31-46(39-62(51)69)68-57-26-11-6-20-48(57)49-21-7-12-27-58(49)68/h1-39H. The number of hydrogen-bond acceptors (Lipinski definition) is 2. The van der Waals surface area contributed by atoms with E-state index in [1.807, 2.05) is 12.1 Å². The average Bonchev–Trinajstić information content (AvgIpc) is 4.04. The normalized spacial score (nSPS) is 12.1. The highest BCUT2D eigenvalue weighted by Crippen LogP contribution is 2.42. The summed E-state index contributed by atoms with van der Waals surface area (Å²) in [4.78, 5) is 10.9. The van der Waals surface area contributed by atoms with Crippen LogP contribution in [0.15, 0.2) is 237 Å². The highest BCUT2D eigenvalue weighted by Gasteiger charge is 2.21. The van der Waals surface area contributed by atoms with Gasteiger partial charge >= 0.3 is 0 Å². The van der Waals surface area contributed by atoms with Gasteiger partial charge < -0.3 is 13.7 Å². The van der Waals surface area contributed by atoms with E-state index in [0.29, 0.717) is 0 Å². The molecule has 4 aromatic heterocycles. The lowest BCUT2D eigenvalue weighted by Gasteiger charge is -2.15. The first-order valence-corrected chi connectivity index (χ1v) is 23.6. The second kappa shape index (κ2) is 14.6. The van der Waals surface area contributed by atoms with Crippen LogP contribution in [0, 0.1) is 0 Å². The van der Waals surface area contributed by atoms with Crippen molar-refractivity contribution in [3.05, 3.63) is 237 Å². The lowest BCUT2D eigenvalue weighted by Crippen LogP contribution is -1.98. The minimum atomic E-state index is 0.857. The zero-order valence-corrected chi connectivity index (χ0v) is 37.3. The molecule has 0 aliphatic rings. The monoisotopic (exact) mass is 877 g/mol. The van der Waals surface area contributed by atoms with Crippen molar-refractivity contribution in [1.82, 2.24) is 23.7 Å². The van der Waals surface area contributed by atoms with Gasteiger partial charge in [-0.2, -0.15) is 0 Å². The topological polar surface area (TPSA) is 40.6 Å². The summed E-state index contributed by atoms with van der Waals surface area (Å²) >= 11 is 0. The highest BCUT2D eigenvalue weighted by molar-refractivity contribution is 6.16. The predicted octanol–water partition coefficient (Wildman–Crippen LogP) is 16.6. The second-order valence-corrected chi connectivity index (χ2v) is 18.2. The van der Waals surface area contributed by atoms with E-state index in [4.69, 9.17) is 9.97 Å². The minimum absolute atomic E-state index is 0.857. The van der Waals surface area contributed by atoms with E-state index in [9.17, 15) is 0 Å². The maximum atomic E-state index is 5.45. The average molecular weight is 878 g/mol. The van der Waals surface area contributed by atoms with Crippen LogP contribution < -0.4 is 0 Å². The van der Waals surface area contributed by atoms with E-state index >= 15 is 0 Å². The summed E-state index contributed by atoms with van der Waals surface area (Å²) < 4.78 is 7.23. The Bertz CT molecular complexity index is 4560. The highest BCUT2D eigenvalue weighted by atomic mass is 15.0. The van der Waals surface area contributed by atoms with Crippen molar-refractivity contribution in [3.8, 4) is 39.6 Å². The maximum absolute atomic E-state index is 5.45. The van der Waals surface area contributed by atoms with Crippen molar-refractivity contribution < 1.29 is 0 Å². The molecule has 320 valence electrons. The van der Waals surface area contributed by atoms with Gasteiger partial charge in [-0.05, 0) is 113 Å². The van der Waals surface area contributed by atoms with E-state index in [1.165, 1.54) is 65.2 Å². The fourth-order valence-corrected chi connectivity index (χ4v) is 11.3. The van der Waals surface area contributed by atoms with Crippen molar-refractivity contribution in [2.24, 2.45) is 0 Å². The number of aromatic nitrogens is 5. The zero-order valence-electron chi connectivity index (χ0n) is 37.3.